The average Bonchev–Trinajstić information content (AvgIpc) is 2.49. The van der Waals surface area contributed by atoms with Crippen molar-refractivity contribution in [1.29, 1.82) is 0 Å². The Bertz CT molecular complexity index is 603. The zero-order valence-electron chi connectivity index (χ0n) is 12.2. The van der Waals surface area contributed by atoms with E-state index in [1.165, 1.54) is 6.07 Å². The third-order valence-corrected chi connectivity index (χ3v) is 3.78. The zero-order chi connectivity index (χ0) is 15.2. The Labute approximate surface area is 129 Å². The van der Waals surface area contributed by atoms with Crippen molar-refractivity contribution in [2.45, 2.75) is 18.9 Å². The number of halogens is 2. The lowest BCUT2D eigenvalue weighted by Crippen LogP contribution is -2.30. The van der Waals surface area contributed by atoms with E-state index in [4.69, 9.17) is 16.3 Å². The predicted molar refractivity (Wildman–Crippen MR) is 84.7 cm³/mol. The zero-order valence-corrected chi connectivity index (χ0v) is 13.0. The first-order valence-electron chi connectivity index (χ1n) is 6.87. The summed E-state index contributed by atoms with van der Waals surface area (Å²) in [5.41, 5.74) is 1.77. The minimum absolute atomic E-state index is 0.122. The fourth-order valence-electron chi connectivity index (χ4n) is 2.37. The summed E-state index contributed by atoms with van der Waals surface area (Å²) in [6, 6.07) is 12.8. The molecule has 21 heavy (non-hydrogen) atoms. The molecule has 2 rings (SSSR count). The summed E-state index contributed by atoms with van der Waals surface area (Å²) in [6.07, 6.45) is 1.36. The summed E-state index contributed by atoms with van der Waals surface area (Å²) in [4.78, 5) is 0. The Balaban J connectivity index is 2.13. The summed E-state index contributed by atoms with van der Waals surface area (Å²) in [5.74, 6) is 0.595. The molecule has 2 nitrogen and oxygen atoms in total. The smallest absolute Gasteiger partial charge is 0.127 e. The van der Waals surface area contributed by atoms with Gasteiger partial charge in [-0.15, -0.1) is 0 Å². The van der Waals surface area contributed by atoms with E-state index in [2.05, 4.69) is 5.32 Å². The number of rotatable bonds is 6. The monoisotopic (exact) mass is 307 g/mol. The second kappa shape index (κ2) is 7.43. The van der Waals surface area contributed by atoms with Gasteiger partial charge in [0, 0.05) is 11.1 Å². The van der Waals surface area contributed by atoms with E-state index in [0.29, 0.717) is 17.0 Å². The van der Waals surface area contributed by atoms with E-state index in [9.17, 15) is 4.39 Å². The highest BCUT2D eigenvalue weighted by molar-refractivity contribution is 6.30. The van der Waals surface area contributed by atoms with Crippen molar-refractivity contribution >= 4 is 11.6 Å². The number of para-hydroxylation sites is 1. The van der Waals surface area contributed by atoms with Crippen LogP contribution in [-0.4, -0.2) is 20.2 Å². The fraction of sp³-hybridized carbons (Fsp3) is 0.294. The van der Waals surface area contributed by atoms with Crippen LogP contribution >= 0.6 is 11.6 Å². The molecule has 0 amide bonds. The van der Waals surface area contributed by atoms with Crippen LogP contribution in [0.2, 0.25) is 5.02 Å². The van der Waals surface area contributed by atoms with Gasteiger partial charge in [0.2, 0.25) is 0 Å². The molecular weight excluding hydrogens is 289 g/mol. The van der Waals surface area contributed by atoms with Crippen LogP contribution in [0.3, 0.4) is 0 Å². The van der Waals surface area contributed by atoms with Crippen LogP contribution in [0, 0.1) is 5.82 Å². The molecule has 4 heteroatoms. The van der Waals surface area contributed by atoms with Gasteiger partial charge in [-0.2, -0.15) is 0 Å². The molecule has 1 N–H and O–H groups in total. The third-order valence-electron chi connectivity index (χ3n) is 3.55. The second-order valence-corrected chi connectivity index (χ2v) is 5.38. The first-order chi connectivity index (χ1) is 10.1. The van der Waals surface area contributed by atoms with Gasteiger partial charge in [-0.25, -0.2) is 4.39 Å². The average molecular weight is 308 g/mol. The molecule has 0 bridgehead atoms. The molecule has 0 aliphatic carbocycles. The number of hydrogen-bond acceptors (Lipinski definition) is 2. The lowest BCUT2D eigenvalue weighted by Gasteiger charge is -2.18. The first-order valence-corrected chi connectivity index (χ1v) is 7.25. The van der Waals surface area contributed by atoms with Gasteiger partial charge in [0.05, 0.1) is 7.11 Å². The maximum Gasteiger partial charge on any atom is 0.127 e. The summed E-state index contributed by atoms with van der Waals surface area (Å²) in [5, 5.41) is 3.66. The lowest BCUT2D eigenvalue weighted by atomic mass is 9.98. The van der Waals surface area contributed by atoms with Gasteiger partial charge in [-0.1, -0.05) is 35.9 Å². The third kappa shape index (κ3) is 4.19. The van der Waals surface area contributed by atoms with Gasteiger partial charge in [-0.3, -0.25) is 0 Å². The molecular formula is C17H19ClFNO. The van der Waals surface area contributed by atoms with Crippen LogP contribution in [0.4, 0.5) is 4.39 Å². The Kier molecular flexibility index (Phi) is 5.59. The van der Waals surface area contributed by atoms with E-state index < -0.39 is 0 Å². The van der Waals surface area contributed by atoms with Gasteiger partial charge in [0.25, 0.3) is 0 Å². The van der Waals surface area contributed by atoms with Crippen molar-refractivity contribution in [3.63, 3.8) is 0 Å². The van der Waals surface area contributed by atoms with Gasteiger partial charge in [-0.05, 0) is 49.2 Å². The SMILES string of the molecule is CNC(Cc1ccc(Cl)cc1F)Cc1ccccc1OC. The van der Waals surface area contributed by atoms with E-state index in [1.807, 2.05) is 31.3 Å². The summed E-state index contributed by atoms with van der Waals surface area (Å²) in [7, 11) is 3.54. The van der Waals surface area contributed by atoms with Crippen LogP contribution < -0.4 is 10.1 Å². The minimum Gasteiger partial charge on any atom is -0.496 e. The molecule has 0 radical (unpaired) electrons. The molecule has 0 fully saturated rings. The molecule has 0 spiro atoms. The maximum atomic E-state index is 13.9. The van der Waals surface area contributed by atoms with E-state index in [-0.39, 0.29) is 11.9 Å². The van der Waals surface area contributed by atoms with E-state index >= 15 is 0 Å². The number of hydrogen-bond donors (Lipinski definition) is 1. The molecule has 0 saturated carbocycles. The number of ether oxygens (including phenoxy) is 1. The van der Waals surface area contributed by atoms with Crippen LogP contribution in [0.5, 0.6) is 5.75 Å². The molecule has 0 aliphatic heterocycles. The highest BCUT2D eigenvalue weighted by Gasteiger charge is 2.14. The number of benzene rings is 2. The number of methoxy groups -OCH3 is 1. The number of nitrogens with one attached hydrogen (secondary N) is 1. The Morgan fingerprint density at radius 1 is 1.14 bits per heavy atom. The van der Waals surface area contributed by atoms with Crippen molar-refractivity contribution in [1.82, 2.24) is 5.32 Å². The van der Waals surface area contributed by atoms with Gasteiger partial charge in [0.15, 0.2) is 0 Å². The van der Waals surface area contributed by atoms with Crippen LogP contribution in [0.15, 0.2) is 42.5 Å². The summed E-state index contributed by atoms with van der Waals surface area (Å²) in [6.45, 7) is 0. The minimum atomic E-state index is -0.261. The van der Waals surface area contributed by atoms with Crippen molar-refractivity contribution in [2.24, 2.45) is 0 Å². The van der Waals surface area contributed by atoms with Crippen molar-refractivity contribution in [2.75, 3.05) is 14.2 Å². The lowest BCUT2D eigenvalue weighted by molar-refractivity contribution is 0.405. The Hall–Kier alpha value is -1.58. The van der Waals surface area contributed by atoms with Gasteiger partial charge in [0.1, 0.15) is 11.6 Å². The van der Waals surface area contributed by atoms with Crippen LogP contribution in [0.1, 0.15) is 11.1 Å². The molecule has 2 aromatic carbocycles. The van der Waals surface area contributed by atoms with Crippen LogP contribution in [0.25, 0.3) is 0 Å². The fourth-order valence-corrected chi connectivity index (χ4v) is 2.52. The van der Waals surface area contributed by atoms with Crippen molar-refractivity contribution in [3.8, 4) is 5.75 Å². The molecule has 0 saturated heterocycles. The van der Waals surface area contributed by atoms with Gasteiger partial charge >= 0.3 is 0 Å². The highest BCUT2D eigenvalue weighted by Crippen LogP contribution is 2.21. The van der Waals surface area contributed by atoms with E-state index in [1.54, 1.807) is 19.2 Å². The standard InChI is InChI=1S/C17H19ClFNO/c1-20-15(9-12-7-8-14(18)11-16(12)19)10-13-5-3-4-6-17(13)21-2/h3-8,11,15,20H,9-10H2,1-2H3. The van der Waals surface area contributed by atoms with E-state index in [0.717, 1.165) is 17.7 Å². The topological polar surface area (TPSA) is 21.3 Å². The Morgan fingerprint density at radius 3 is 2.52 bits per heavy atom. The molecule has 112 valence electrons. The molecule has 1 atom stereocenters. The first kappa shape index (κ1) is 15.8. The molecule has 0 aliphatic rings. The van der Waals surface area contributed by atoms with Gasteiger partial charge < -0.3 is 10.1 Å². The molecule has 1 unspecified atom stereocenters. The van der Waals surface area contributed by atoms with Crippen molar-refractivity contribution in [3.05, 3.63) is 64.4 Å². The maximum absolute atomic E-state index is 13.9. The largest absolute Gasteiger partial charge is 0.496 e. The molecule has 2 aromatic rings. The summed E-state index contributed by atoms with van der Waals surface area (Å²) >= 11 is 5.78. The highest BCUT2D eigenvalue weighted by atomic mass is 35.5. The van der Waals surface area contributed by atoms with Crippen molar-refractivity contribution < 1.29 is 9.13 Å². The Morgan fingerprint density at radius 2 is 1.86 bits per heavy atom. The summed E-state index contributed by atoms with van der Waals surface area (Å²) < 4.78 is 19.3. The molecule has 0 heterocycles. The van der Waals surface area contributed by atoms with Crippen LogP contribution in [-0.2, 0) is 12.8 Å². The second-order valence-electron chi connectivity index (χ2n) is 4.94. The predicted octanol–water partition coefficient (Wildman–Crippen LogP) is 3.86. The normalized spacial score (nSPS) is 12.2. The number of likely N-dealkylation sites (N-methyl/N-ethyl adjacent to an activating group) is 1. The molecule has 0 aromatic heterocycles. The quantitative estimate of drug-likeness (QED) is 0.875.